The van der Waals surface area contributed by atoms with Crippen LogP contribution in [0.4, 0.5) is 10.1 Å². The maximum atomic E-state index is 12.4. The van der Waals surface area contributed by atoms with Gasteiger partial charge in [0, 0.05) is 5.69 Å². The van der Waals surface area contributed by atoms with Gasteiger partial charge in [-0.25, -0.2) is 4.39 Å². The highest BCUT2D eigenvalue weighted by Gasteiger charge is 1.88. The lowest BCUT2D eigenvalue weighted by atomic mass is 10.3. The van der Waals surface area contributed by atoms with E-state index in [2.05, 4.69) is 10.3 Å². The van der Waals surface area contributed by atoms with Crippen molar-refractivity contribution in [3.05, 3.63) is 30.1 Å². The molecule has 4 heteroatoms. The fourth-order valence-corrected chi connectivity index (χ4v) is 0.682. The number of nitrogens with zero attached hydrogens (tertiary/aromatic N) is 2. The van der Waals surface area contributed by atoms with Crippen LogP contribution in [0.2, 0.25) is 0 Å². The molecule has 1 N–H and O–H groups in total. The molecule has 0 aromatic heterocycles. The quantitative estimate of drug-likeness (QED) is 0.410. The molecule has 0 amide bonds. The van der Waals surface area contributed by atoms with E-state index in [1.807, 2.05) is 0 Å². The van der Waals surface area contributed by atoms with Crippen LogP contribution in [0.3, 0.4) is 0 Å². The first-order valence-corrected chi connectivity index (χ1v) is 3.25. The zero-order chi connectivity index (χ0) is 8.81. The highest BCUT2D eigenvalue weighted by molar-refractivity contribution is 5.75. The predicted octanol–water partition coefficient (Wildman–Crippen LogP) is 1.75. The highest BCUT2D eigenvalue weighted by atomic mass is 19.1. The summed E-state index contributed by atoms with van der Waals surface area (Å²) in [4.78, 5) is 3.27. The molecule has 1 aromatic rings. The van der Waals surface area contributed by atoms with Crippen LogP contribution < -0.4 is 5.32 Å². The molecule has 0 aliphatic heterocycles. The molecule has 0 heterocycles. The van der Waals surface area contributed by atoms with Gasteiger partial charge in [0.25, 0.3) is 0 Å². The van der Waals surface area contributed by atoms with E-state index in [1.54, 1.807) is 18.3 Å². The number of halogens is 1. The summed E-state index contributed by atoms with van der Waals surface area (Å²) in [7, 11) is 0. The predicted molar refractivity (Wildman–Crippen MR) is 44.1 cm³/mol. The Balaban J connectivity index is 2.60. The molecule has 60 valence electrons. The van der Waals surface area contributed by atoms with Crippen molar-refractivity contribution in [2.24, 2.45) is 4.99 Å². The van der Waals surface area contributed by atoms with E-state index in [0.29, 0.717) is 5.69 Å². The van der Waals surface area contributed by atoms with Crippen molar-refractivity contribution in [1.29, 1.82) is 5.26 Å². The van der Waals surface area contributed by atoms with Crippen LogP contribution in [-0.4, -0.2) is 6.34 Å². The van der Waals surface area contributed by atoms with Crippen molar-refractivity contribution in [1.82, 2.24) is 0 Å². The summed E-state index contributed by atoms with van der Waals surface area (Å²) in [5.74, 6) is -0.294. The third-order valence-electron chi connectivity index (χ3n) is 1.20. The molecule has 0 spiro atoms. The van der Waals surface area contributed by atoms with Gasteiger partial charge < -0.3 is 5.32 Å². The van der Waals surface area contributed by atoms with Crippen molar-refractivity contribution in [3.8, 4) is 6.19 Å². The Morgan fingerprint density at radius 1 is 1.42 bits per heavy atom. The van der Waals surface area contributed by atoms with Gasteiger partial charge in [-0.1, -0.05) is 0 Å². The molecule has 12 heavy (non-hydrogen) atoms. The Morgan fingerprint density at radius 2 is 2.08 bits per heavy atom. The largest absolute Gasteiger partial charge is 0.346 e. The topological polar surface area (TPSA) is 48.2 Å². The second-order valence-electron chi connectivity index (χ2n) is 2.01. The smallest absolute Gasteiger partial charge is 0.207 e. The summed E-state index contributed by atoms with van der Waals surface area (Å²) in [5.41, 5.74) is 0.690. The lowest BCUT2D eigenvalue weighted by molar-refractivity contribution is 0.628. The van der Waals surface area contributed by atoms with Gasteiger partial charge in [0.15, 0.2) is 0 Å². The number of anilines is 1. The number of hydrogen-bond acceptors (Lipinski definition) is 2. The van der Waals surface area contributed by atoms with Gasteiger partial charge in [-0.15, -0.1) is 0 Å². The first-order chi connectivity index (χ1) is 5.83. The number of nitriles is 1. The summed E-state index contributed by atoms with van der Waals surface area (Å²) in [6.45, 7) is 0. The van der Waals surface area contributed by atoms with Crippen molar-refractivity contribution in [2.75, 3.05) is 5.32 Å². The van der Waals surface area contributed by atoms with E-state index < -0.39 is 0 Å². The summed E-state index contributed by atoms with van der Waals surface area (Å²) in [5, 5.41) is 10.7. The maximum absolute atomic E-state index is 12.4. The summed E-state index contributed by atoms with van der Waals surface area (Å²) >= 11 is 0. The molecule has 3 nitrogen and oxygen atoms in total. The molecule has 1 aromatic carbocycles. The van der Waals surface area contributed by atoms with Crippen LogP contribution in [0.5, 0.6) is 0 Å². The Kier molecular flexibility index (Phi) is 2.79. The van der Waals surface area contributed by atoms with Crippen molar-refractivity contribution >= 4 is 12.0 Å². The van der Waals surface area contributed by atoms with E-state index in [9.17, 15) is 4.39 Å². The summed E-state index contributed by atoms with van der Waals surface area (Å²) in [6, 6.07) is 5.75. The first kappa shape index (κ1) is 8.21. The van der Waals surface area contributed by atoms with Gasteiger partial charge in [0.2, 0.25) is 6.19 Å². The molecule has 0 aliphatic carbocycles. The van der Waals surface area contributed by atoms with Gasteiger partial charge in [-0.2, -0.15) is 10.3 Å². The molecule has 0 fully saturated rings. The van der Waals surface area contributed by atoms with Gasteiger partial charge in [-0.05, 0) is 24.3 Å². The molecular weight excluding hydrogens is 157 g/mol. The van der Waals surface area contributed by atoms with Crippen LogP contribution in [0.1, 0.15) is 0 Å². The molecule has 0 radical (unpaired) electrons. The van der Waals surface area contributed by atoms with E-state index in [4.69, 9.17) is 5.26 Å². The molecule has 0 saturated carbocycles. The molecule has 0 aliphatic rings. The number of rotatable bonds is 2. The zero-order valence-corrected chi connectivity index (χ0v) is 6.16. The lowest BCUT2D eigenvalue weighted by Gasteiger charge is -1.96. The first-order valence-electron chi connectivity index (χ1n) is 3.25. The normalized spacial score (nSPS) is 9.67. The van der Waals surface area contributed by atoms with Gasteiger partial charge in [0.1, 0.15) is 12.2 Å². The fraction of sp³-hybridized carbons (Fsp3) is 0. The monoisotopic (exact) mass is 163 g/mol. The fourth-order valence-electron chi connectivity index (χ4n) is 0.682. The maximum Gasteiger partial charge on any atom is 0.207 e. The van der Waals surface area contributed by atoms with Crippen LogP contribution >= 0.6 is 0 Å². The second-order valence-corrected chi connectivity index (χ2v) is 2.01. The standard InChI is InChI=1S/C8H6FN3/c9-7-1-3-8(4-2-7)12-6-11-5-10/h1-4,6H,(H,11,12). The lowest BCUT2D eigenvalue weighted by Crippen LogP contribution is -1.93. The van der Waals surface area contributed by atoms with Crippen molar-refractivity contribution in [2.45, 2.75) is 0 Å². The molecule has 0 bridgehead atoms. The average Bonchev–Trinajstić information content (AvgIpc) is 2.09. The minimum absolute atomic E-state index is 0.294. The minimum Gasteiger partial charge on any atom is -0.346 e. The van der Waals surface area contributed by atoms with Crippen LogP contribution in [0, 0.1) is 17.3 Å². The van der Waals surface area contributed by atoms with Gasteiger partial charge in [-0.3, -0.25) is 0 Å². The average molecular weight is 163 g/mol. The van der Waals surface area contributed by atoms with Gasteiger partial charge in [0.05, 0.1) is 0 Å². The zero-order valence-electron chi connectivity index (χ0n) is 6.16. The minimum atomic E-state index is -0.294. The van der Waals surface area contributed by atoms with E-state index >= 15 is 0 Å². The Labute approximate surface area is 69.2 Å². The number of benzene rings is 1. The third-order valence-corrected chi connectivity index (χ3v) is 1.20. The Morgan fingerprint density at radius 3 is 2.67 bits per heavy atom. The van der Waals surface area contributed by atoms with E-state index in [-0.39, 0.29) is 5.82 Å². The van der Waals surface area contributed by atoms with Crippen molar-refractivity contribution < 1.29 is 4.39 Å². The molecule has 1 rings (SSSR count). The third kappa shape index (κ3) is 2.39. The molecular formula is C8H6FN3. The Hall–Kier alpha value is -1.89. The van der Waals surface area contributed by atoms with Gasteiger partial charge >= 0.3 is 0 Å². The van der Waals surface area contributed by atoms with Crippen molar-refractivity contribution in [3.63, 3.8) is 0 Å². The molecule has 0 atom stereocenters. The SMILES string of the molecule is N#CN=CNc1ccc(F)cc1. The second kappa shape index (κ2) is 4.09. The highest BCUT2D eigenvalue weighted by Crippen LogP contribution is 2.06. The van der Waals surface area contributed by atoms with Crippen LogP contribution in [0.25, 0.3) is 0 Å². The number of hydrogen-bond donors (Lipinski definition) is 1. The Bertz CT molecular complexity index is 310. The van der Waals surface area contributed by atoms with Crippen LogP contribution in [0.15, 0.2) is 29.3 Å². The molecule has 0 unspecified atom stereocenters. The summed E-state index contributed by atoms with van der Waals surface area (Å²) < 4.78 is 12.4. The number of nitrogens with one attached hydrogen (secondary N) is 1. The van der Waals surface area contributed by atoms with E-state index in [0.717, 1.165) is 0 Å². The summed E-state index contributed by atoms with van der Waals surface area (Å²) in [6.07, 6.45) is 2.83. The van der Waals surface area contributed by atoms with E-state index in [1.165, 1.54) is 18.5 Å². The number of aliphatic imine (C=N–C) groups is 1. The molecule has 0 saturated heterocycles. The van der Waals surface area contributed by atoms with Crippen LogP contribution in [-0.2, 0) is 0 Å².